The number of amides is 2. The molecule has 0 fully saturated rings. The monoisotopic (exact) mass is 496 g/mol. The predicted molar refractivity (Wildman–Crippen MR) is 129 cm³/mol. The third-order valence-corrected chi connectivity index (χ3v) is 5.59. The van der Waals surface area contributed by atoms with Crippen LogP contribution < -0.4 is 19.7 Å². The fraction of sp³-hybridized carbons (Fsp3) is 0.192. The summed E-state index contributed by atoms with van der Waals surface area (Å²) in [5, 5.41) is 3.02. The first kappa shape index (κ1) is 24.2. The molecule has 0 spiro atoms. The van der Waals surface area contributed by atoms with Crippen LogP contribution in [0.15, 0.2) is 66.7 Å². The summed E-state index contributed by atoms with van der Waals surface area (Å²) < 4.78 is 24.6. The number of halogens is 2. The smallest absolute Gasteiger partial charge is 0.265 e. The zero-order valence-electron chi connectivity index (χ0n) is 18.6. The molecule has 35 heavy (non-hydrogen) atoms. The van der Waals surface area contributed by atoms with Crippen LogP contribution in [0.3, 0.4) is 0 Å². The number of ketones is 1. The number of fused-ring (bicyclic) bond motifs is 1. The molecular formula is C26H22ClFN2O5. The van der Waals surface area contributed by atoms with Gasteiger partial charge in [0.25, 0.3) is 5.91 Å². The van der Waals surface area contributed by atoms with Crippen LogP contribution in [0.4, 0.5) is 10.1 Å². The second kappa shape index (κ2) is 11.0. The van der Waals surface area contributed by atoms with Gasteiger partial charge in [0.15, 0.2) is 30.6 Å². The number of anilines is 1. The molecule has 0 saturated heterocycles. The molecule has 0 radical (unpaired) electrons. The summed E-state index contributed by atoms with van der Waals surface area (Å²) in [6, 6.07) is 18.1. The molecule has 1 aliphatic rings. The summed E-state index contributed by atoms with van der Waals surface area (Å²) in [7, 11) is 0. The number of nitrogens with one attached hydrogen (secondary N) is 1. The molecular weight excluding hydrogens is 475 g/mol. The molecule has 0 unspecified atom stereocenters. The van der Waals surface area contributed by atoms with Crippen molar-refractivity contribution in [3.63, 3.8) is 0 Å². The molecule has 7 nitrogen and oxygen atoms in total. The van der Waals surface area contributed by atoms with Gasteiger partial charge in [-0.2, -0.15) is 0 Å². The molecule has 3 aromatic rings. The topological polar surface area (TPSA) is 84.9 Å². The van der Waals surface area contributed by atoms with Crippen molar-refractivity contribution >= 4 is 34.9 Å². The highest BCUT2D eigenvalue weighted by molar-refractivity contribution is 6.30. The minimum atomic E-state index is -0.681. The highest BCUT2D eigenvalue weighted by atomic mass is 35.5. The van der Waals surface area contributed by atoms with E-state index < -0.39 is 24.1 Å². The van der Waals surface area contributed by atoms with Crippen molar-refractivity contribution in [1.29, 1.82) is 0 Å². The van der Waals surface area contributed by atoms with E-state index in [9.17, 15) is 18.8 Å². The SMILES string of the molecule is O=C(CN1C(=O)COc2ccc(C(=O)COc3ccc(Cl)cc3F)cc21)NCCc1ccccc1. The van der Waals surface area contributed by atoms with E-state index in [4.69, 9.17) is 21.1 Å². The molecule has 4 rings (SSSR count). The van der Waals surface area contributed by atoms with Crippen LogP contribution in [0.2, 0.25) is 5.02 Å². The van der Waals surface area contributed by atoms with E-state index in [1.807, 2.05) is 30.3 Å². The van der Waals surface area contributed by atoms with Gasteiger partial charge in [-0.3, -0.25) is 19.3 Å². The Bertz CT molecular complexity index is 1250. The maximum absolute atomic E-state index is 13.9. The van der Waals surface area contributed by atoms with Crippen LogP contribution >= 0.6 is 11.6 Å². The van der Waals surface area contributed by atoms with Crippen molar-refractivity contribution in [2.24, 2.45) is 0 Å². The number of ether oxygens (including phenoxy) is 2. The summed E-state index contributed by atoms with van der Waals surface area (Å²) in [5.41, 5.74) is 1.62. The van der Waals surface area contributed by atoms with Gasteiger partial charge in [-0.25, -0.2) is 4.39 Å². The Morgan fingerprint density at radius 3 is 2.66 bits per heavy atom. The number of benzene rings is 3. The molecule has 0 atom stereocenters. The van der Waals surface area contributed by atoms with E-state index in [-0.39, 0.29) is 35.4 Å². The van der Waals surface area contributed by atoms with Gasteiger partial charge < -0.3 is 14.8 Å². The van der Waals surface area contributed by atoms with Crippen molar-refractivity contribution in [1.82, 2.24) is 5.32 Å². The first-order valence-electron chi connectivity index (χ1n) is 10.9. The van der Waals surface area contributed by atoms with E-state index in [2.05, 4.69) is 5.32 Å². The molecule has 0 aliphatic carbocycles. The standard InChI is InChI=1S/C26H22ClFN2O5/c27-19-7-9-23(20(28)13-19)34-15-22(31)18-6-8-24-21(12-18)30(26(33)16-35-24)14-25(32)29-11-10-17-4-2-1-3-5-17/h1-9,12-13H,10-11,14-16H2,(H,29,32). The molecule has 9 heteroatoms. The van der Waals surface area contributed by atoms with Crippen LogP contribution in [0.25, 0.3) is 0 Å². The molecule has 3 aromatic carbocycles. The summed E-state index contributed by atoms with van der Waals surface area (Å²) in [6.45, 7) is -0.428. The second-order valence-corrected chi connectivity index (χ2v) is 8.26. The number of nitrogens with zero attached hydrogens (tertiary/aromatic N) is 1. The fourth-order valence-corrected chi connectivity index (χ4v) is 3.72. The molecule has 1 N–H and O–H groups in total. The van der Waals surface area contributed by atoms with E-state index in [0.29, 0.717) is 24.4 Å². The first-order valence-corrected chi connectivity index (χ1v) is 11.3. The van der Waals surface area contributed by atoms with Crippen LogP contribution in [0.1, 0.15) is 15.9 Å². The van der Waals surface area contributed by atoms with Crippen LogP contribution in [-0.2, 0) is 16.0 Å². The van der Waals surface area contributed by atoms with Crippen LogP contribution in [0.5, 0.6) is 11.5 Å². The van der Waals surface area contributed by atoms with E-state index in [1.165, 1.54) is 29.2 Å². The Balaban J connectivity index is 1.40. The van der Waals surface area contributed by atoms with Crippen molar-refractivity contribution in [2.75, 3.05) is 31.2 Å². The van der Waals surface area contributed by atoms with E-state index in [0.717, 1.165) is 11.6 Å². The predicted octanol–water partition coefficient (Wildman–Crippen LogP) is 3.83. The Morgan fingerprint density at radius 2 is 1.89 bits per heavy atom. The van der Waals surface area contributed by atoms with Gasteiger partial charge >= 0.3 is 0 Å². The first-order chi connectivity index (χ1) is 16.9. The number of carbonyl (C=O) groups excluding carboxylic acids is 3. The van der Waals surface area contributed by atoms with E-state index in [1.54, 1.807) is 6.07 Å². The fourth-order valence-electron chi connectivity index (χ4n) is 3.56. The lowest BCUT2D eigenvalue weighted by atomic mass is 10.1. The maximum atomic E-state index is 13.9. The maximum Gasteiger partial charge on any atom is 0.265 e. The van der Waals surface area contributed by atoms with Gasteiger partial charge in [-0.1, -0.05) is 41.9 Å². The Hall–Kier alpha value is -3.91. The molecule has 1 heterocycles. The molecule has 1 aliphatic heterocycles. The van der Waals surface area contributed by atoms with Crippen molar-refractivity contribution < 1.29 is 28.2 Å². The summed E-state index contributed by atoms with van der Waals surface area (Å²) >= 11 is 5.73. The molecule has 0 aromatic heterocycles. The van der Waals surface area contributed by atoms with Crippen molar-refractivity contribution in [3.8, 4) is 11.5 Å². The van der Waals surface area contributed by atoms with Crippen LogP contribution in [-0.4, -0.2) is 43.9 Å². The molecule has 2 amide bonds. The summed E-state index contributed by atoms with van der Waals surface area (Å²) in [6.07, 6.45) is 0.660. The van der Waals surface area contributed by atoms with Crippen LogP contribution in [0, 0.1) is 5.82 Å². The molecule has 0 saturated carbocycles. The average molecular weight is 497 g/mol. The van der Waals surface area contributed by atoms with Crippen molar-refractivity contribution in [2.45, 2.75) is 6.42 Å². The lowest BCUT2D eigenvalue weighted by Crippen LogP contribution is -2.45. The average Bonchev–Trinajstić information content (AvgIpc) is 2.85. The lowest BCUT2D eigenvalue weighted by molar-refractivity contribution is -0.125. The summed E-state index contributed by atoms with van der Waals surface area (Å²) in [5.74, 6) is -1.58. The third-order valence-electron chi connectivity index (χ3n) is 5.36. The van der Waals surface area contributed by atoms with Gasteiger partial charge in [-0.05, 0) is 48.4 Å². The van der Waals surface area contributed by atoms with Gasteiger partial charge in [-0.15, -0.1) is 0 Å². The Morgan fingerprint density at radius 1 is 1.09 bits per heavy atom. The van der Waals surface area contributed by atoms with Gasteiger partial charge in [0.1, 0.15) is 12.3 Å². The number of carbonyl (C=O) groups is 3. The van der Waals surface area contributed by atoms with Gasteiger partial charge in [0, 0.05) is 17.1 Å². The summed E-state index contributed by atoms with van der Waals surface area (Å²) in [4.78, 5) is 39.0. The van der Waals surface area contributed by atoms with E-state index >= 15 is 0 Å². The lowest BCUT2D eigenvalue weighted by Gasteiger charge is -2.29. The Labute approximate surface area is 206 Å². The number of hydrogen-bond acceptors (Lipinski definition) is 5. The molecule has 180 valence electrons. The largest absolute Gasteiger partial charge is 0.482 e. The zero-order chi connectivity index (χ0) is 24.8. The minimum absolute atomic E-state index is 0.104. The molecule has 0 bridgehead atoms. The normalized spacial score (nSPS) is 12.5. The highest BCUT2D eigenvalue weighted by Crippen LogP contribution is 2.33. The van der Waals surface area contributed by atoms with Gasteiger partial charge in [0.2, 0.25) is 5.91 Å². The number of hydrogen-bond donors (Lipinski definition) is 1. The van der Waals surface area contributed by atoms with Crippen molar-refractivity contribution in [3.05, 3.63) is 88.7 Å². The highest BCUT2D eigenvalue weighted by Gasteiger charge is 2.28. The number of Topliss-reactive ketones (excluding diaryl/α,β-unsaturated/α-hetero) is 1. The quantitative estimate of drug-likeness (QED) is 0.455. The Kier molecular flexibility index (Phi) is 7.62. The number of rotatable bonds is 9. The third kappa shape index (κ3) is 6.16. The second-order valence-electron chi connectivity index (χ2n) is 7.82. The van der Waals surface area contributed by atoms with Gasteiger partial charge in [0.05, 0.1) is 5.69 Å². The minimum Gasteiger partial charge on any atom is -0.482 e. The zero-order valence-corrected chi connectivity index (χ0v) is 19.4.